The lowest BCUT2D eigenvalue weighted by Gasteiger charge is -2.26. The smallest absolute Gasteiger partial charge is 0.129 e. The molecule has 0 radical (unpaired) electrons. The Morgan fingerprint density at radius 2 is 2.07 bits per heavy atom. The number of nitrogens with one attached hydrogen (secondary N) is 1. The lowest BCUT2D eigenvalue weighted by Crippen LogP contribution is -2.21. The predicted octanol–water partition coefficient (Wildman–Crippen LogP) is 2.68. The third-order valence-electron chi connectivity index (χ3n) is 3.21. The van der Waals surface area contributed by atoms with Gasteiger partial charge >= 0.3 is 0 Å². The lowest BCUT2D eigenvalue weighted by atomic mass is 9.77. The minimum atomic E-state index is -0.514. The highest BCUT2D eigenvalue weighted by Gasteiger charge is 2.36. The number of benzene rings is 1. The van der Waals surface area contributed by atoms with E-state index in [1.165, 1.54) is 6.07 Å². The molecule has 0 aliphatic carbocycles. The molecule has 15 heavy (non-hydrogen) atoms. The van der Waals surface area contributed by atoms with Crippen molar-refractivity contribution in [3.05, 3.63) is 35.4 Å². The normalized spacial score (nSPS) is 24.4. The summed E-state index contributed by atoms with van der Waals surface area (Å²) in [7, 11) is 0. The van der Waals surface area contributed by atoms with E-state index in [0.29, 0.717) is 5.56 Å². The summed E-state index contributed by atoms with van der Waals surface area (Å²) in [4.78, 5) is 0. The van der Waals surface area contributed by atoms with Gasteiger partial charge < -0.3 is 5.32 Å². The van der Waals surface area contributed by atoms with E-state index in [-0.39, 0.29) is 11.3 Å². The zero-order valence-electron chi connectivity index (χ0n) is 8.98. The van der Waals surface area contributed by atoms with Gasteiger partial charge in [-0.2, -0.15) is 0 Å². The molecule has 1 heterocycles. The van der Waals surface area contributed by atoms with E-state index >= 15 is 0 Å². The molecule has 1 nitrogen and oxygen atoms in total. The number of rotatable bonds is 1. The minimum Gasteiger partial charge on any atom is -0.316 e. The van der Waals surface area contributed by atoms with Crippen LogP contribution >= 0.6 is 0 Å². The van der Waals surface area contributed by atoms with Gasteiger partial charge in [0, 0.05) is 25.1 Å². The van der Waals surface area contributed by atoms with E-state index in [1.807, 2.05) is 0 Å². The van der Waals surface area contributed by atoms with Crippen LogP contribution in [0.2, 0.25) is 0 Å². The van der Waals surface area contributed by atoms with E-state index in [4.69, 9.17) is 0 Å². The largest absolute Gasteiger partial charge is 0.316 e. The van der Waals surface area contributed by atoms with Crippen LogP contribution in [-0.2, 0) is 0 Å². The Labute approximate surface area is 88.5 Å². The van der Waals surface area contributed by atoms with Gasteiger partial charge in [0.15, 0.2) is 0 Å². The van der Waals surface area contributed by atoms with Gasteiger partial charge in [-0.1, -0.05) is 19.9 Å². The Hall–Kier alpha value is -0.960. The topological polar surface area (TPSA) is 12.0 Å². The summed E-state index contributed by atoms with van der Waals surface area (Å²) < 4.78 is 26.3. The molecule has 0 spiro atoms. The van der Waals surface area contributed by atoms with Crippen molar-refractivity contribution in [2.24, 2.45) is 5.41 Å². The summed E-state index contributed by atoms with van der Waals surface area (Å²) in [5.74, 6) is -0.824. The van der Waals surface area contributed by atoms with Crippen LogP contribution in [0.1, 0.15) is 25.3 Å². The van der Waals surface area contributed by atoms with E-state index in [9.17, 15) is 8.78 Å². The molecule has 3 heteroatoms. The molecule has 0 aromatic heterocycles. The summed E-state index contributed by atoms with van der Waals surface area (Å²) >= 11 is 0. The van der Waals surface area contributed by atoms with Crippen LogP contribution < -0.4 is 5.32 Å². The van der Waals surface area contributed by atoms with Gasteiger partial charge in [-0.3, -0.25) is 0 Å². The van der Waals surface area contributed by atoms with Crippen molar-refractivity contribution in [2.75, 3.05) is 13.1 Å². The van der Waals surface area contributed by atoms with E-state index in [2.05, 4.69) is 19.2 Å². The average molecular weight is 211 g/mol. The van der Waals surface area contributed by atoms with Crippen LogP contribution in [0.25, 0.3) is 0 Å². The molecule has 1 fully saturated rings. The first-order chi connectivity index (χ1) is 7.00. The van der Waals surface area contributed by atoms with Crippen LogP contribution in [0.15, 0.2) is 18.2 Å². The molecule has 2 rings (SSSR count). The molecule has 1 aromatic carbocycles. The molecule has 0 unspecified atom stereocenters. The van der Waals surface area contributed by atoms with Crippen LogP contribution in [0.5, 0.6) is 0 Å². The number of hydrogen-bond acceptors (Lipinski definition) is 1. The standard InChI is InChI=1S/C12H15F2N/c1-12(2)7-15-6-10(12)9-4-3-8(13)5-11(9)14/h3-5,10,15H,6-7H2,1-2H3/t10-/m1/s1. The summed E-state index contributed by atoms with van der Waals surface area (Å²) in [6.07, 6.45) is 0. The summed E-state index contributed by atoms with van der Waals surface area (Å²) in [6, 6.07) is 3.85. The highest BCUT2D eigenvalue weighted by molar-refractivity contribution is 5.26. The second kappa shape index (κ2) is 3.56. The maximum absolute atomic E-state index is 13.6. The van der Waals surface area contributed by atoms with Crippen molar-refractivity contribution in [3.63, 3.8) is 0 Å². The highest BCUT2D eigenvalue weighted by Crippen LogP contribution is 2.39. The zero-order valence-corrected chi connectivity index (χ0v) is 8.98. The number of halogens is 2. The molecule has 0 amide bonds. The van der Waals surface area contributed by atoms with Gasteiger partial charge in [-0.15, -0.1) is 0 Å². The van der Waals surface area contributed by atoms with Crippen molar-refractivity contribution in [2.45, 2.75) is 19.8 Å². The summed E-state index contributed by atoms with van der Waals surface area (Å²) in [5, 5.41) is 3.24. The molecule has 1 aliphatic rings. The highest BCUT2D eigenvalue weighted by atomic mass is 19.1. The maximum atomic E-state index is 13.6. The fourth-order valence-electron chi connectivity index (χ4n) is 2.25. The first kappa shape index (κ1) is 10.6. The van der Waals surface area contributed by atoms with Crippen molar-refractivity contribution >= 4 is 0 Å². The Morgan fingerprint density at radius 1 is 1.33 bits per heavy atom. The van der Waals surface area contributed by atoms with Crippen LogP contribution in [0, 0.1) is 17.0 Å². The molecule has 0 bridgehead atoms. The third kappa shape index (κ3) is 1.88. The van der Waals surface area contributed by atoms with Crippen molar-refractivity contribution in [1.82, 2.24) is 5.32 Å². The van der Waals surface area contributed by atoms with Crippen LogP contribution in [-0.4, -0.2) is 13.1 Å². The fraction of sp³-hybridized carbons (Fsp3) is 0.500. The molecule has 1 saturated heterocycles. The van der Waals surface area contributed by atoms with Crippen molar-refractivity contribution < 1.29 is 8.78 Å². The van der Waals surface area contributed by atoms with Crippen molar-refractivity contribution in [3.8, 4) is 0 Å². The molecule has 0 saturated carbocycles. The summed E-state index contributed by atoms with van der Waals surface area (Å²) in [6.45, 7) is 5.82. The van der Waals surface area contributed by atoms with Gasteiger partial charge in [-0.25, -0.2) is 8.78 Å². The Bertz CT molecular complexity index is 374. The molecule has 1 aliphatic heterocycles. The Morgan fingerprint density at radius 3 is 2.60 bits per heavy atom. The average Bonchev–Trinajstić information content (AvgIpc) is 2.46. The summed E-state index contributed by atoms with van der Waals surface area (Å²) in [5.41, 5.74) is 0.643. The SMILES string of the molecule is CC1(C)CNC[C@@H]1c1ccc(F)cc1F. The zero-order chi connectivity index (χ0) is 11.1. The van der Waals surface area contributed by atoms with Crippen LogP contribution in [0.4, 0.5) is 8.78 Å². The third-order valence-corrected chi connectivity index (χ3v) is 3.21. The fourth-order valence-corrected chi connectivity index (χ4v) is 2.25. The number of hydrogen-bond donors (Lipinski definition) is 1. The Kier molecular flexibility index (Phi) is 2.51. The maximum Gasteiger partial charge on any atom is 0.129 e. The quantitative estimate of drug-likeness (QED) is 0.753. The Balaban J connectivity index is 2.37. The molecule has 82 valence electrons. The van der Waals surface area contributed by atoms with Crippen LogP contribution in [0.3, 0.4) is 0 Å². The molecular formula is C12H15F2N. The lowest BCUT2D eigenvalue weighted by molar-refractivity contribution is 0.354. The molecule has 1 aromatic rings. The molecule has 1 atom stereocenters. The van der Waals surface area contributed by atoms with Gasteiger partial charge in [-0.05, 0) is 17.0 Å². The first-order valence-electron chi connectivity index (χ1n) is 5.16. The monoisotopic (exact) mass is 211 g/mol. The van der Waals surface area contributed by atoms with Gasteiger partial charge in [0.1, 0.15) is 11.6 Å². The molecule has 1 N–H and O–H groups in total. The van der Waals surface area contributed by atoms with E-state index < -0.39 is 11.6 Å². The van der Waals surface area contributed by atoms with E-state index in [1.54, 1.807) is 6.07 Å². The second-order valence-electron chi connectivity index (χ2n) is 4.84. The van der Waals surface area contributed by atoms with Gasteiger partial charge in [0.25, 0.3) is 0 Å². The van der Waals surface area contributed by atoms with Crippen molar-refractivity contribution in [1.29, 1.82) is 0 Å². The van der Waals surface area contributed by atoms with Gasteiger partial charge in [0.05, 0.1) is 0 Å². The molecular weight excluding hydrogens is 196 g/mol. The van der Waals surface area contributed by atoms with Gasteiger partial charge in [0.2, 0.25) is 0 Å². The first-order valence-corrected chi connectivity index (χ1v) is 5.16. The minimum absolute atomic E-state index is 0.0265. The second-order valence-corrected chi connectivity index (χ2v) is 4.84. The predicted molar refractivity (Wildman–Crippen MR) is 55.7 cm³/mol. The van der Waals surface area contributed by atoms with E-state index in [0.717, 1.165) is 19.2 Å².